The van der Waals surface area contributed by atoms with E-state index in [1.54, 1.807) is 4.68 Å². The molecule has 0 unspecified atom stereocenters. The van der Waals surface area contributed by atoms with Crippen molar-refractivity contribution >= 4 is 22.5 Å². The molecule has 18 heavy (non-hydrogen) atoms. The van der Waals surface area contributed by atoms with E-state index >= 15 is 0 Å². The van der Waals surface area contributed by atoms with Crippen molar-refractivity contribution in [1.29, 1.82) is 0 Å². The van der Waals surface area contributed by atoms with E-state index in [0.29, 0.717) is 5.15 Å². The molecule has 2 heterocycles. The fourth-order valence-corrected chi connectivity index (χ4v) is 2.57. The van der Waals surface area contributed by atoms with Crippen LogP contribution < -0.4 is 0 Å². The summed E-state index contributed by atoms with van der Waals surface area (Å²) in [4.78, 5) is 0. The van der Waals surface area contributed by atoms with Crippen LogP contribution in [0.2, 0.25) is 5.15 Å². The van der Waals surface area contributed by atoms with Gasteiger partial charge in [-0.3, -0.25) is 4.68 Å². The van der Waals surface area contributed by atoms with Gasteiger partial charge in [0.1, 0.15) is 5.15 Å². The number of fused-ring (bicyclic) bond motifs is 1. The van der Waals surface area contributed by atoms with Crippen LogP contribution in [-0.4, -0.2) is 14.3 Å². The van der Waals surface area contributed by atoms with Gasteiger partial charge in [-0.25, -0.2) is 0 Å². The molecule has 3 nitrogen and oxygen atoms in total. The Morgan fingerprint density at radius 3 is 2.39 bits per heavy atom. The minimum Gasteiger partial charge on any atom is -0.318 e. The number of hydrogen-bond acceptors (Lipinski definition) is 1. The SMILES string of the molecule is Cc1ccc(C)n1-c1ccc2c(Cl)n(C)nc2c1. The summed E-state index contributed by atoms with van der Waals surface area (Å²) in [5.74, 6) is 0. The molecule has 1 aromatic carbocycles. The molecule has 0 saturated carbocycles. The average Bonchev–Trinajstić information content (AvgIpc) is 2.81. The fourth-order valence-electron chi connectivity index (χ4n) is 2.37. The first-order chi connectivity index (χ1) is 8.58. The van der Waals surface area contributed by atoms with Gasteiger partial charge in [-0.15, -0.1) is 0 Å². The maximum atomic E-state index is 6.18. The Morgan fingerprint density at radius 1 is 1.06 bits per heavy atom. The van der Waals surface area contributed by atoms with Crippen LogP contribution in [0, 0.1) is 13.8 Å². The van der Waals surface area contributed by atoms with E-state index in [1.807, 2.05) is 13.1 Å². The number of nitrogens with zero attached hydrogens (tertiary/aromatic N) is 3. The van der Waals surface area contributed by atoms with Crippen molar-refractivity contribution in [2.75, 3.05) is 0 Å². The number of hydrogen-bond donors (Lipinski definition) is 0. The molecule has 0 aliphatic heterocycles. The summed E-state index contributed by atoms with van der Waals surface area (Å²) in [6, 6.07) is 10.4. The first kappa shape index (κ1) is 11.4. The predicted octanol–water partition coefficient (Wildman–Crippen LogP) is 3.63. The molecule has 4 heteroatoms. The molecule has 0 radical (unpaired) electrons. The van der Waals surface area contributed by atoms with E-state index in [0.717, 1.165) is 16.6 Å². The summed E-state index contributed by atoms with van der Waals surface area (Å²) in [7, 11) is 1.86. The quantitative estimate of drug-likeness (QED) is 0.654. The summed E-state index contributed by atoms with van der Waals surface area (Å²) >= 11 is 6.18. The molecule has 92 valence electrons. The third kappa shape index (κ3) is 1.55. The predicted molar refractivity (Wildman–Crippen MR) is 74.5 cm³/mol. The van der Waals surface area contributed by atoms with E-state index in [1.165, 1.54) is 11.4 Å². The van der Waals surface area contributed by atoms with E-state index < -0.39 is 0 Å². The minimum absolute atomic E-state index is 0.678. The Bertz CT molecular complexity index is 717. The lowest BCUT2D eigenvalue weighted by molar-refractivity contribution is 0.780. The smallest absolute Gasteiger partial charge is 0.134 e. The molecule has 3 rings (SSSR count). The van der Waals surface area contributed by atoms with Crippen LogP contribution in [0.3, 0.4) is 0 Å². The molecule has 0 saturated heterocycles. The lowest BCUT2D eigenvalue weighted by atomic mass is 10.2. The van der Waals surface area contributed by atoms with Crippen LogP contribution in [0.1, 0.15) is 11.4 Å². The number of benzene rings is 1. The summed E-state index contributed by atoms with van der Waals surface area (Å²) in [6.45, 7) is 4.20. The molecule has 0 aliphatic carbocycles. The van der Waals surface area contributed by atoms with Gasteiger partial charge >= 0.3 is 0 Å². The Kier molecular flexibility index (Phi) is 2.45. The van der Waals surface area contributed by atoms with Gasteiger partial charge < -0.3 is 4.57 Å². The highest BCUT2D eigenvalue weighted by Crippen LogP contribution is 2.26. The highest BCUT2D eigenvalue weighted by molar-refractivity contribution is 6.34. The molecule has 0 bridgehead atoms. The number of aromatic nitrogens is 3. The molecule has 0 amide bonds. The number of aryl methyl sites for hydroxylation is 3. The van der Waals surface area contributed by atoms with Gasteiger partial charge in [-0.05, 0) is 44.2 Å². The van der Waals surface area contributed by atoms with Crippen molar-refractivity contribution < 1.29 is 0 Å². The molecular weight excluding hydrogens is 246 g/mol. The number of rotatable bonds is 1. The van der Waals surface area contributed by atoms with Crippen molar-refractivity contribution in [2.45, 2.75) is 13.8 Å². The van der Waals surface area contributed by atoms with Crippen molar-refractivity contribution in [3.05, 3.63) is 46.9 Å². The van der Waals surface area contributed by atoms with Gasteiger partial charge in [-0.1, -0.05) is 11.6 Å². The molecule has 2 aromatic heterocycles. The van der Waals surface area contributed by atoms with E-state index in [4.69, 9.17) is 11.6 Å². The van der Waals surface area contributed by atoms with Crippen LogP contribution >= 0.6 is 11.6 Å². The highest BCUT2D eigenvalue weighted by Gasteiger charge is 2.09. The molecule has 3 aromatic rings. The van der Waals surface area contributed by atoms with Gasteiger partial charge in [0.25, 0.3) is 0 Å². The second kappa shape index (κ2) is 3.89. The third-order valence-electron chi connectivity index (χ3n) is 3.27. The van der Waals surface area contributed by atoms with Crippen LogP contribution in [0.25, 0.3) is 16.6 Å². The molecule has 0 spiro atoms. The van der Waals surface area contributed by atoms with Gasteiger partial charge in [0.05, 0.1) is 5.52 Å². The van der Waals surface area contributed by atoms with E-state index in [-0.39, 0.29) is 0 Å². The molecule has 0 N–H and O–H groups in total. The maximum Gasteiger partial charge on any atom is 0.134 e. The van der Waals surface area contributed by atoms with Gasteiger partial charge in [0.15, 0.2) is 0 Å². The summed E-state index contributed by atoms with van der Waals surface area (Å²) < 4.78 is 3.91. The Balaban J connectivity index is 2.26. The molecular formula is C14H14ClN3. The Morgan fingerprint density at radius 2 is 1.72 bits per heavy atom. The largest absolute Gasteiger partial charge is 0.318 e. The lowest BCUT2D eigenvalue weighted by Gasteiger charge is -2.08. The van der Waals surface area contributed by atoms with Crippen molar-refractivity contribution in [1.82, 2.24) is 14.3 Å². The Labute approximate surface area is 111 Å². The first-order valence-corrected chi connectivity index (χ1v) is 6.23. The second-order valence-electron chi connectivity index (χ2n) is 4.57. The summed E-state index contributed by atoms with van der Waals surface area (Å²) in [5.41, 5.74) is 4.48. The second-order valence-corrected chi connectivity index (χ2v) is 4.93. The normalized spacial score (nSPS) is 11.3. The fraction of sp³-hybridized carbons (Fsp3) is 0.214. The zero-order chi connectivity index (χ0) is 12.9. The van der Waals surface area contributed by atoms with Crippen LogP contribution in [-0.2, 0) is 7.05 Å². The molecule has 0 atom stereocenters. The number of halogens is 1. The zero-order valence-corrected chi connectivity index (χ0v) is 11.4. The maximum absolute atomic E-state index is 6.18. The Hall–Kier alpha value is -1.74. The first-order valence-electron chi connectivity index (χ1n) is 5.85. The van der Waals surface area contributed by atoms with Crippen molar-refractivity contribution in [3.63, 3.8) is 0 Å². The molecule has 0 fully saturated rings. The van der Waals surface area contributed by atoms with Gasteiger partial charge in [0, 0.05) is 29.5 Å². The van der Waals surface area contributed by atoms with Crippen molar-refractivity contribution in [3.8, 4) is 5.69 Å². The van der Waals surface area contributed by atoms with Gasteiger partial charge in [0.2, 0.25) is 0 Å². The van der Waals surface area contributed by atoms with Crippen molar-refractivity contribution in [2.24, 2.45) is 7.05 Å². The monoisotopic (exact) mass is 259 g/mol. The minimum atomic E-state index is 0.678. The highest BCUT2D eigenvalue weighted by atomic mass is 35.5. The summed E-state index contributed by atoms with van der Waals surface area (Å²) in [5, 5.41) is 6.08. The van der Waals surface area contributed by atoms with Gasteiger partial charge in [-0.2, -0.15) is 5.10 Å². The lowest BCUT2D eigenvalue weighted by Crippen LogP contribution is -1.98. The topological polar surface area (TPSA) is 22.8 Å². The standard InChI is InChI=1S/C14H14ClN3/c1-9-4-5-10(2)18(9)11-6-7-12-13(8-11)16-17(3)14(12)15/h4-8H,1-3H3. The van der Waals surface area contributed by atoms with E-state index in [2.05, 4.69) is 47.8 Å². The van der Waals surface area contributed by atoms with Crippen LogP contribution in [0.4, 0.5) is 0 Å². The third-order valence-corrected chi connectivity index (χ3v) is 3.72. The zero-order valence-electron chi connectivity index (χ0n) is 10.6. The average molecular weight is 260 g/mol. The van der Waals surface area contributed by atoms with Crippen LogP contribution in [0.5, 0.6) is 0 Å². The summed E-state index contributed by atoms with van der Waals surface area (Å²) in [6.07, 6.45) is 0. The van der Waals surface area contributed by atoms with Crippen LogP contribution in [0.15, 0.2) is 30.3 Å². The van der Waals surface area contributed by atoms with E-state index in [9.17, 15) is 0 Å². The molecule has 0 aliphatic rings.